The highest BCUT2D eigenvalue weighted by atomic mass is 35.5. The van der Waals surface area contributed by atoms with E-state index in [0.29, 0.717) is 11.3 Å². The smallest absolute Gasteiger partial charge is 0.305 e. The summed E-state index contributed by atoms with van der Waals surface area (Å²) in [6.07, 6.45) is -0.431. The number of hydrogen-bond donors (Lipinski definition) is 1. The van der Waals surface area contributed by atoms with Crippen molar-refractivity contribution >= 4 is 41.0 Å². The van der Waals surface area contributed by atoms with Gasteiger partial charge in [0.25, 0.3) is 11.8 Å². The summed E-state index contributed by atoms with van der Waals surface area (Å²) in [6, 6.07) is 8.19. The van der Waals surface area contributed by atoms with Crippen LogP contribution in [-0.2, 0) is 4.79 Å². The molecule has 2 aromatic carbocycles. The van der Waals surface area contributed by atoms with Crippen LogP contribution >= 0.6 is 23.2 Å². The Morgan fingerprint density at radius 2 is 1.58 bits per heavy atom. The predicted octanol–water partition coefficient (Wildman–Crippen LogP) is 3.81. The van der Waals surface area contributed by atoms with Crippen LogP contribution in [0.5, 0.6) is 5.75 Å². The van der Waals surface area contributed by atoms with Crippen LogP contribution in [0, 0.1) is 0 Å². The fourth-order valence-corrected chi connectivity index (χ4v) is 3.21. The number of hydrogen-bond acceptors (Lipinski definition) is 4. The summed E-state index contributed by atoms with van der Waals surface area (Å²) in [4.78, 5) is 37.8. The molecule has 0 radical (unpaired) electrons. The molecule has 0 saturated carbocycles. The maximum absolute atomic E-state index is 12.8. The molecule has 3 rings (SSSR count). The van der Waals surface area contributed by atoms with Crippen LogP contribution in [0.25, 0.3) is 0 Å². The molecule has 1 atom stereocenters. The Morgan fingerprint density at radius 3 is 2.00 bits per heavy atom. The molecule has 0 spiro atoms. The fraction of sp³-hybridized carbons (Fsp3) is 0.167. The minimum Gasteiger partial charge on any atom is -0.497 e. The predicted molar refractivity (Wildman–Crippen MR) is 94.9 cm³/mol. The molecule has 0 bridgehead atoms. The van der Waals surface area contributed by atoms with E-state index in [2.05, 4.69) is 0 Å². The molecule has 2 aromatic rings. The zero-order valence-corrected chi connectivity index (χ0v) is 15.0. The number of nitrogens with zero attached hydrogens (tertiary/aromatic N) is 1. The standard InChI is InChI=1S/C18H13Cl2NO5/c1-26-10-4-2-9(3-5-10)15(8-16(22)23)21-17(24)11-6-13(19)14(20)7-12(11)18(21)25/h2-7,15H,8H2,1H3,(H,22,23). The van der Waals surface area contributed by atoms with Gasteiger partial charge >= 0.3 is 5.97 Å². The lowest BCUT2D eigenvalue weighted by atomic mass is 10.0. The summed E-state index contributed by atoms with van der Waals surface area (Å²) < 4.78 is 5.08. The van der Waals surface area contributed by atoms with Crippen molar-refractivity contribution in [2.45, 2.75) is 12.5 Å². The number of carboxylic acids is 1. The zero-order valence-electron chi connectivity index (χ0n) is 13.5. The normalized spacial score (nSPS) is 14.3. The lowest BCUT2D eigenvalue weighted by Crippen LogP contribution is -2.35. The number of aliphatic carboxylic acids is 1. The quantitative estimate of drug-likeness (QED) is 0.780. The number of benzene rings is 2. The van der Waals surface area contributed by atoms with Gasteiger partial charge in [0.05, 0.1) is 40.7 Å². The SMILES string of the molecule is COc1ccc(C(CC(=O)O)N2C(=O)c3cc(Cl)c(Cl)cc3C2=O)cc1. The third-order valence-electron chi connectivity index (χ3n) is 4.14. The van der Waals surface area contributed by atoms with Gasteiger partial charge in [-0.05, 0) is 29.8 Å². The summed E-state index contributed by atoms with van der Waals surface area (Å²) in [5.74, 6) is -1.78. The Morgan fingerprint density at radius 1 is 1.08 bits per heavy atom. The molecule has 1 N–H and O–H groups in total. The van der Waals surface area contributed by atoms with Crippen molar-refractivity contribution in [3.63, 3.8) is 0 Å². The van der Waals surface area contributed by atoms with Crippen LogP contribution in [0.1, 0.15) is 38.7 Å². The lowest BCUT2D eigenvalue weighted by Gasteiger charge is -2.25. The molecule has 1 unspecified atom stereocenters. The van der Waals surface area contributed by atoms with Crippen molar-refractivity contribution in [1.82, 2.24) is 4.90 Å². The van der Waals surface area contributed by atoms with Crippen LogP contribution < -0.4 is 4.74 Å². The minimum atomic E-state index is -1.14. The summed E-state index contributed by atoms with van der Waals surface area (Å²) >= 11 is 11.9. The maximum atomic E-state index is 12.8. The molecule has 26 heavy (non-hydrogen) atoms. The summed E-state index contributed by atoms with van der Waals surface area (Å²) in [5, 5.41) is 9.56. The number of rotatable bonds is 5. The second-order valence-corrected chi connectivity index (χ2v) is 6.49. The molecule has 0 saturated heterocycles. The highest BCUT2D eigenvalue weighted by Crippen LogP contribution is 2.37. The molecule has 1 aliphatic rings. The summed E-state index contributed by atoms with van der Waals surface area (Å²) in [5.41, 5.74) is 0.710. The lowest BCUT2D eigenvalue weighted by molar-refractivity contribution is -0.138. The molecule has 0 aromatic heterocycles. The molecule has 1 heterocycles. The van der Waals surface area contributed by atoms with Gasteiger partial charge in [-0.3, -0.25) is 19.3 Å². The van der Waals surface area contributed by atoms with Gasteiger partial charge < -0.3 is 9.84 Å². The monoisotopic (exact) mass is 393 g/mol. The first kappa shape index (κ1) is 18.2. The Kier molecular flexibility index (Phi) is 4.89. The number of amides is 2. The first-order valence-corrected chi connectivity index (χ1v) is 8.31. The van der Waals surface area contributed by atoms with E-state index < -0.39 is 30.2 Å². The highest BCUT2D eigenvalue weighted by Gasteiger charge is 2.41. The third kappa shape index (κ3) is 3.13. The van der Waals surface area contributed by atoms with Gasteiger partial charge in [0.2, 0.25) is 0 Å². The van der Waals surface area contributed by atoms with E-state index in [1.54, 1.807) is 24.3 Å². The van der Waals surface area contributed by atoms with E-state index in [1.165, 1.54) is 19.2 Å². The van der Waals surface area contributed by atoms with E-state index in [1.807, 2.05) is 0 Å². The molecule has 1 aliphatic heterocycles. The average molecular weight is 394 g/mol. The molecule has 0 fully saturated rings. The van der Waals surface area contributed by atoms with Crippen molar-refractivity contribution in [1.29, 1.82) is 0 Å². The minimum absolute atomic E-state index is 0.105. The Hall–Kier alpha value is -2.57. The van der Waals surface area contributed by atoms with Crippen molar-refractivity contribution < 1.29 is 24.2 Å². The highest BCUT2D eigenvalue weighted by molar-refractivity contribution is 6.43. The third-order valence-corrected chi connectivity index (χ3v) is 4.86. The van der Waals surface area contributed by atoms with Crippen molar-refractivity contribution in [2.24, 2.45) is 0 Å². The number of ether oxygens (including phenoxy) is 1. The van der Waals surface area contributed by atoms with Gasteiger partial charge in [0.15, 0.2) is 0 Å². The first-order valence-electron chi connectivity index (χ1n) is 7.56. The Balaban J connectivity index is 2.05. The number of imide groups is 1. The van der Waals surface area contributed by atoms with Gasteiger partial charge in [-0.25, -0.2) is 0 Å². The number of carbonyl (C=O) groups is 3. The zero-order chi connectivity index (χ0) is 19.0. The summed E-state index contributed by atoms with van der Waals surface area (Å²) in [6.45, 7) is 0. The topological polar surface area (TPSA) is 83.9 Å². The van der Waals surface area contributed by atoms with Gasteiger partial charge in [-0.1, -0.05) is 35.3 Å². The molecule has 134 valence electrons. The van der Waals surface area contributed by atoms with Gasteiger partial charge in [-0.15, -0.1) is 0 Å². The fourth-order valence-electron chi connectivity index (χ4n) is 2.89. The molecule has 0 aliphatic carbocycles. The van der Waals surface area contributed by atoms with E-state index >= 15 is 0 Å². The van der Waals surface area contributed by atoms with Crippen LogP contribution in [0.15, 0.2) is 36.4 Å². The largest absolute Gasteiger partial charge is 0.497 e. The maximum Gasteiger partial charge on any atom is 0.305 e. The van der Waals surface area contributed by atoms with Crippen molar-refractivity contribution in [3.8, 4) is 5.75 Å². The van der Waals surface area contributed by atoms with Crippen LogP contribution in [0.2, 0.25) is 10.0 Å². The van der Waals surface area contributed by atoms with Crippen molar-refractivity contribution in [2.75, 3.05) is 7.11 Å². The van der Waals surface area contributed by atoms with E-state index in [4.69, 9.17) is 27.9 Å². The van der Waals surface area contributed by atoms with Gasteiger partial charge in [0.1, 0.15) is 5.75 Å². The molecular weight excluding hydrogens is 381 g/mol. The number of methoxy groups -OCH3 is 1. The van der Waals surface area contributed by atoms with Crippen molar-refractivity contribution in [3.05, 3.63) is 63.1 Å². The van der Waals surface area contributed by atoms with E-state index in [0.717, 1.165) is 4.90 Å². The van der Waals surface area contributed by atoms with Crippen LogP contribution in [0.4, 0.5) is 0 Å². The second kappa shape index (κ2) is 6.97. The number of halogens is 2. The number of carboxylic acid groups (broad SMARTS) is 1. The Bertz CT molecular complexity index is 870. The first-order chi connectivity index (χ1) is 12.3. The molecule has 2 amide bonds. The summed E-state index contributed by atoms with van der Waals surface area (Å²) in [7, 11) is 1.50. The second-order valence-electron chi connectivity index (χ2n) is 5.68. The van der Waals surface area contributed by atoms with E-state index in [-0.39, 0.29) is 21.2 Å². The number of fused-ring (bicyclic) bond motifs is 1. The molecular formula is C18H13Cl2NO5. The van der Waals surface area contributed by atoms with Crippen LogP contribution in [-0.4, -0.2) is 34.9 Å². The average Bonchev–Trinajstić information content (AvgIpc) is 2.84. The molecule has 6 nitrogen and oxygen atoms in total. The van der Waals surface area contributed by atoms with Gasteiger partial charge in [-0.2, -0.15) is 0 Å². The number of carbonyl (C=O) groups excluding carboxylic acids is 2. The van der Waals surface area contributed by atoms with E-state index in [9.17, 15) is 19.5 Å². The van der Waals surface area contributed by atoms with Gasteiger partial charge in [0, 0.05) is 0 Å². The van der Waals surface area contributed by atoms with Crippen LogP contribution in [0.3, 0.4) is 0 Å². The Labute approximate surface area is 158 Å². The molecule has 8 heteroatoms.